The number of hydrogen-bond donors (Lipinski definition) is 2. The largest absolute Gasteiger partial charge is 0.494 e. The Morgan fingerprint density at radius 2 is 2.00 bits per heavy atom. The molecule has 2 heteroatoms. The predicted octanol–water partition coefficient (Wildman–Crippen LogP) is 2.18. The minimum absolute atomic E-state index is 0.270. The Kier molecular flexibility index (Phi) is 1.15. The molecular formula is C9H9NO. The molecule has 1 aromatic heterocycles. The van der Waals surface area contributed by atoms with E-state index in [9.17, 15) is 5.11 Å². The number of H-pyrrole nitrogens is 1. The molecule has 1 aromatic carbocycles. The van der Waals surface area contributed by atoms with Gasteiger partial charge in [-0.15, -0.1) is 0 Å². The van der Waals surface area contributed by atoms with Crippen molar-refractivity contribution in [3.8, 4) is 5.88 Å². The Balaban J connectivity index is 2.92. The number of aryl methyl sites for hydroxylation is 1. The topological polar surface area (TPSA) is 36.0 Å². The van der Waals surface area contributed by atoms with Gasteiger partial charge in [-0.25, -0.2) is 0 Å². The van der Waals surface area contributed by atoms with Crippen molar-refractivity contribution in [1.29, 1.82) is 0 Å². The average Bonchev–Trinajstić information content (AvgIpc) is 2.30. The lowest BCUT2D eigenvalue weighted by atomic mass is 10.2. The highest BCUT2D eigenvalue weighted by Crippen LogP contribution is 2.24. The minimum atomic E-state index is 0.270. The van der Waals surface area contributed by atoms with Crippen LogP contribution in [0.1, 0.15) is 5.56 Å². The first-order valence-electron chi connectivity index (χ1n) is 3.55. The Bertz CT molecular complexity index is 389. The van der Waals surface area contributed by atoms with Gasteiger partial charge in [-0.3, -0.25) is 0 Å². The second-order valence-corrected chi connectivity index (χ2v) is 2.64. The van der Waals surface area contributed by atoms with Gasteiger partial charge in [0.2, 0.25) is 0 Å². The number of hydrogen-bond acceptors (Lipinski definition) is 1. The zero-order chi connectivity index (χ0) is 7.84. The molecule has 2 aromatic rings. The molecule has 0 saturated carbocycles. The van der Waals surface area contributed by atoms with Crippen LogP contribution in [0.4, 0.5) is 0 Å². The molecule has 2 nitrogen and oxygen atoms in total. The second-order valence-electron chi connectivity index (χ2n) is 2.64. The van der Waals surface area contributed by atoms with Crippen LogP contribution in [0.3, 0.4) is 0 Å². The summed E-state index contributed by atoms with van der Waals surface area (Å²) in [7, 11) is 0. The Hall–Kier alpha value is -1.44. The molecule has 1 heterocycles. The Morgan fingerprint density at radius 3 is 2.73 bits per heavy atom. The lowest BCUT2D eigenvalue weighted by molar-refractivity contribution is 0.454. The van der Waals surface area contributed by atoms with E-state index in [2.05, 4.69) is 4.98 Å². The molecule has 0 aliphatic rings. The van der Waals surface area contributed by atoms with Gasteiger partial charge in [-0.2, -0.15) is 0 Å². The molecule has 0 bridgehead atoms. The van der Waals surface area contributed by atoms with Crippen LogP contribution in [-0.4, -0.2) is 10.1 Å². The normalized spacial score (nSPS) is 10.6. The number of aromatic amines is 1. The summed E-state index contributed by atoms with van der Waals surface area (Å²) < 4.78 is 0. The third-order valence-corrected chi connectivity index (χ3v) is 1.94. The number of aromatic hydroxyl groups is 1. The summed E-state index contributed by atoms with van der Waals surface area (Å²) in [5.74, 6) is 0.270. The van der Waals surface area contributed by atoms with Gasteiger partial charge >= 0.3 is 0 Å². The average molecular weight is 147 g/mol. The highest BCUT2D eigenvalue weighted by atomic mass is 16.3. The van der Waals surface area contributed by atoms with Gasteiger partial charge in [0.05, 0.1) is 0 Å². The van der Waals surface area contributed by atoms with Crippen LogP contribution in [0.5, 0.6) is 5.88 Å². The van der Waals surface area contributed by atoms with Crippen molar-refractivity contribution in [3.63, 3.8) is 0 Å². The quantitative estimate of drug-likeness (QED) is 0.588. The van der Waals surface area contributed by atoms with Gasteiger partial charge < -0.3 is 10.1 Å². The van der Waals surface area contributed by atoms with Crippen molar-refractivity contribution < 1.29 is 5.11 Å². The lowest BCUT2D eigenvalue weighted by Crippen LogP contribution is -1.65. The summed E-state index contributed by atoms with van der Waals surface area (Å²) in [5.41, 5.74) is 1.91. The molecule has 2 N–H and O–H groups in total. The Labute approximate surface area is 64.5 Å². The fraction of sp³-hybridized carbons (Fsp3) is 0.111. The number of rotatable bonds is 0. The SMILES string of the molecule is Cc1c(O)[nH]c2ccccc12. The standard InChI is InChI=1S/C9H9NO/c1-6-7-4-2-3-5-8(7)10-9(6)11/h2-5,10-11H,1H3. The molecule has 56 valence electrons. The molecule has 0 radical (unpaired) electrons. The van der Waals surface area contributed by atoms with E-state index >= 15 is 0 Å². The van der Waals surface area contributed by atoms with Crippen molar-refractivity contribution in [1.82, 2.24) is 4.98 Å². The number of aromatic nitrogens is 1. The Morgan fingerprint density at radius 1 is 1.27 bits per heavy atom. The van der Waals surface area contributed by atoms with Gasteiger partial charge in [0.25, 0.3) is 0 Å². The van der Waals surface area contributed by atoms with Crippen LogP contribution in [-0.2, 0) is 0 Å². The zero-order valence-corrected chi connectivity index (χ0v) is 6.26. The lowest BCUT2D eigenvalue weighted by Gasteiger charge is -1.86. The van der Waals surface area contributed by atoms with E-state index in [1.807, 2.05) is 31.2 Å². The van der Waals surface area contributed by atoms with E-state index in [0.717, 1.165) is 16.5 Å². The van der Waals surface area contributed by atoms with Gasteiger partial charge in [-0.1, -0.05) is 18.2 Å². The molecule has 2 rings (SSSR count). The second kappa shape index (κ2) is 2.02. The summed E-state index contributed by atoms with van der Waals surface area (Å²) >= 11 is 0. The van der Waals surface area contributed by atoms with E-state index in [-0.39, 0.29) is 5.88 Å². The van der Waals surface area contributed by atoms with Crippen molar-refractivity contribution >= 4 is 10.9 Å². The van der Waals surface area contributed by atoms with Gasteiger partial charge in [-0.05, 0) is 13.0 Å². The van der Waals surface area contributed by atoms with Crippen molar-refractivity contribution in [2.24, 2.45) is 0 Å². The van der Waals surface area contributed by atoms with Crippen molar-refractivity contribution in [3.05, 3.63) is 29.8 Å². The molecule has 0 fully saturated rings. The van der Waals surface area contributed by atoms with Crippen LogP contribution in [0.2, 0.25) is 0 Å². The number of nitrogens with one attached hydrogen (secondary N) is 1. The number of fused-ring (bicyclic) bond motifs is 1. The molecule has 0 spiro atoms. The maximum atomic E-state index is 9.29. The molecular weight excluding hydrogens is 138 g/mol. The highest BCUT2D eigenvalue weighted by Gasteiger charge is 2.03. The molecule has 0 aliphatic heterocycles. The summed E-state index contributed by atoms with van der Waals surface area (Å²) in [6.45, 7) is 1.90. The summed E-state index contributed by atoms with van der Waals surface area (Å²) in [6.07, 6.45) is 0. The van der Waals surface area contributed by atoms with Crippen LogP contribution in [0.25, 0.3) is 10.9 Å². The summed E-state index contributed by atoms with van der Waals surface area (Å²) in [5, 5.41) is 10.4. The van der Waals surface area contributed by atoms with Crippen LogP contribution < -0.4 is 0 Å². The van der Waals surface area contributed by atoms with E-state index in [0.29, 0.717) is 0 Å². The van der Waals surface area contributed by atoms with E-state index in [1.54, 1.807) is 0 Å². The van der Waals surface area contributed by atoms with Gasteiger partial charge in [0, 0.05) is 16.5 Å². The maximum Gasteiger partial charge on any atom is 0.192 e. The molecule has 0 saturated heterocycles. The molecule has 0 unspecified atom stereocenters. The molecule has 0 atom stereocenters. The first-order valence-corrected chi connectivity index (χ1v) is 3.55. The zero-order valence-electron chi connectivity index (χ0n) is 6.26. The van der Waals surface area contributed by atoms with Crippen molar-refractivity contribution in [2.75, 3.05) is 0 Å². The van der Waals surface area contributed by atoms with E-state index in [4.69, 9.17) is 0 Å². The third-order valence-electron chi connectivity index (χ3n) is 1.94. The fourth-order valence-corrected chi connectivity index (χ4v) is 1.27. The molecule has 0 amide bonds. The monoisotopic (exact) mass is 147 g/mol. The smallest absolute Gasteiger partial charge is 0.192 e. The third kappa shape index (κ3) is 0.792. The highest BCUT2D eigenvalue weighted by molar-refractivity contribution is 5.85. The van der Waals surface area contributed by atoms with Gasteiger partial charge in [0.1, 0.15) is 0 Å². The van der Waals surface area contributed by atoms with E-state index < -0.39 is 0 Å². The first-order chi connectivity index (χ1) is 5.29. The van der Waals surface area contributed by atoms with E-state index in [1.165, 1.54) is 0 Å². The van der Waals surface area contributed by atoms with Crippen LogP contribution >= 0.6 is 0 Å². The molecule has 11 heavy (non-hydrogen) atoms. The number of para-hydroxylation sites is 1. The molecule has 0 aliphatic carbocycles. The predicted molar refractivity (Wildman–Crippen MR) is 44.7 cm³/mol. The minimum Gasteiger partial charge on any atom is -0.494 e. The van der Waals surface area contributed by atoms with Crippen LogP contribution in [0, 0.1) is 6.92 Å². The fourth-order valence-electron chi connectivity index (χ4n) is 1.27. The van der Waals surface area contributed by atoms with Crippen molar-refractivity contribution in [2.45, 2.75) is 6.92 Å². The summed E-state index contributed by atoms with van der Waals surface area (Å²) in [4.78, 5) is 2.88. The number of benzene rings is 1. The summed E-state index contributed by atoms with van der Waals surface area (Å²) in [6, 6.07) is 7.84. The van der Waals surface area contributed by atoms with Gasteiger partial charge in [0.15, 0.2) is 5.88 Å². The first kappa shape index (κ1) is 6.28. The van der Waals surface area contributed by atoms with Crippen LogP contribution in [0.15, 0.2) is 24.3 Å². The maximum absolute atomic E-state index is 9.29.